The third-order valence-corrected chi connectivity index (χ3v) is 4.60. The van der Waals surface area contributed by atoms with Gasteiger partial charge in [0.2, 0.25) is 0 Å². The molecule has 5 nitrogen and oxygen atoms in total. The predicted octanol–water partition coefficient (Wildman–Crippen LogP) is 1.96. The molecule has 0 aromatic carbocycles. The third kappa shape index (κ3) is 3.17. The second kappa shape index (κ2) is 6.52. The van der Waals surface area contributed by atoms with Gasteiger partial charge in [-0.15, -0.1) is 0 Å². The van der Waals surface area contributed by atoms with Crippen LogP contribution in [0, 0.1) is 5.92 Å². The number of hydrogen-bond donors (Lipinski definition) is 2. The molecule has 2 atom stereocenters. The molecule has 0 amide bonds. The summed E-state index contributed by atoms with van der Waals surface area (Å²) in [5.74, 6) is 0.481. The zero-order chi connectivity index (χ0) is 13.8. The Labute approximate surface area is 121 Å². The highest BCUT2D eigenvalue weighted by molar-refractivity contribution is 9.10. The molecule has 0 aliphatic heterocycles. The van der Waals surface area contributed by atoms with Crippen LogP contribution in [0.5, 0.6) is 0 Å². The highest BCUT2D eigenvalue weighted by Gasteiger charge is 2.24. The van der Waals surface area contributed by atoms with E-state index in [-0.39, 0.29) is 5.56 Å². The third-order valence-electron chi connectivity index (χ3n) is 3.84. The minimum atomic E-state index is -0.0902. The smallest absolute Gasteiger partial charge is 0.283 e. The van der Waals surface area contributed by atoms with Crippen LogP contribution in [0.1, 0.15) is 32.6 Å². The lowest BCUT2D eigenvalue weighted by Crippen LogP contribution is -2.37. The molecule has 0 bridgehead atoms. The van der Waals surface area contributed by atoms with Crippen molar-refractivity contribution in [1.82, 2.24) is 9.78 Å². The highest BCUT2D eigenvalue weighted by atomic mass is 79.9. The number of nitrogens with zero attached hydrogens (tertiary/aromatic N) is 2. The summed E-state index contributed by atoms with van der Waals surface area (Å²) < 4.78 is 2.00. The first kappa shape index (κ1) is 14.5. The van der Waals surface area contributed by atoms with E-state index < -0.39 is 0 Å². The quantitative estimate of drug-likeness (QED) is 0.886. The van der Waals surface area contributed by atoms with Crippen molar-refractivity contribution < 1.29 is 0 Å². The van der Waals surface area contributed by atoms with Gasteiger partial charge in [-0.2, -0.15) is 5.10 Å². The van der Waals surface area contributed by atoms with Gasteiger partial charge < -0.3 is 11.1 Å². The molecule has 1 aliphatic carbocycles. The zero-order valence-corrected chi connectivity index (χ0v) is 12.8. The normalized spacial score (nSPS) is 23.3. The van der Waals surface area contributed by atoms with Gasteiger partial charge in [-0.05, 0) is 48.2 Å². The predicted molar refractivity (Wildman–Crippen MR) is 80.3 cm³/mol. The zero-order valence-electron chi connectivity index (χ0n) is 11.2. The molecule has 19 heavy (non-hydrogen) atoms. The van der Waals surface area contributed by atoms with Crippen LogP contribution in [0.4, 0.5) is 5.69 Å². The molecule has 1 aliphatic rings. The minimum Gasteiger partial charge on any atom is -0.380 e. The summed E-state index contributed by atoms with van der Waals surface area (Å²) in [4.78, 5) is 12.0. The van der Waals surface area contributed by atoms with Crippen molar-refractivity contribution in [3.63, 3.8) is 0 Å². The van der Waals surface area contributed by atoms with Crippen molar-refractivity contribution in [2.24, 2.45) is 11.7 Å². The van der Waals surface area contributed by atoms with E-state index in [4.69, 9.17) is 5.73 Å². The van der Waals surface area contributed by atoms with Gasteiger partial charge in [0, 0.05) is 12.6 Å². The second-order valence-corrected chi connectivity index (χ2v) is 5.82. The molecule has 1 aromatic rings. The Balaban J connectivity index is 2.19. The molecule has 1 fully saturated rings. The van der Waals surface area contributed by atoms with E-state index >= 15 is 0 Å². The average Bonchev–Trinajstić information content (AvgIpc) is 2.45. The average molecular weight is 329 g/mol. The number of hydrogen-bond acceptors (Lipinski definition) is 4. The van der Waals surface area contributed by atoms with Crippen molar-refractivity contribution in [3.05, 3.63) is 21.0 Å². The Morgan fingerprint density at radius 1 is 1.53 bits per heavy atom. The first-order valence-corrected chi connectivity index (χ1v) is 7.68. The Morgan fingerprint density at radius 2 is 2.26 bits per heavy atom. The maximum absolute atomic E-state index is 12.0. The summed E-state index contributed by atoms with van der Waals surface area (Å²) in [6.45, 7) is 3.17. The van der Waals surface area contributed by atoms with Crippen molar-refractivity contribution >= 4 is 21.6 Å². The SMILES string of the molecule is CCn1ncc(NC2CCCCC2CN)c(Br)c1=O. The number of nitrogens with two attached hydrogens (primary N) is 1. The molecule has 2 rings (SSSR count). The molecular formula is C13H21BrN4O. The van der Waals surface area contributed by atoms with Gasteiger partial charge in [-0.25, -0.2) is 4.68 Å². The topological polar surface area (TPSA) is 72.9 Å². The maximum Gasteiger partial charge on any atom is 0.283 e. The number of anilines is 1. The molecule has 106 valence electrons. The lowest BCUT2D eigenvalue weighted by molar-refractivity contribution is 0.332. The maximum atomic E-state index is 12.0. The Bertz CT molecular complexity index is 488. The van der Waals surface area contributed by atoms with E-state index in [9.17, 15) is 4.79 Å². The fraction of sp³-hybridized carbons (Fsp3) is 0.692. The second-order valence-electron chi connectivity index (χ2n) is 5.02. The van der Waals surface area contributed by atoms with Crippen LogP contribution >= 0.6 is 15.9 Å². The highest BCUT2D eigenvalue weighted by Crippen LogP contribution is 2.28. The van der Waals surface area contributed by atoms with E-state index in [0.29, 0.717) is 29.5 Å². The molecule has 0 spiro atoms. The Morgan fingerprint density at radius 3 is 2.95 bits per heavy atom. The van der Waals surface area contributed by atoms with Gasteiger partial charge >= 0.3 is 0 Å². The van der Waals surface area contributed by atoms with E-state index in [2.05, 4.69) is 26.3 Å². The van der Waals surface area contributed by atoms with Crippen LogP contribution < -0.4 is 16.6 Å². The number of halogens is 1. The van der Waals surface area contributed by atoms with Gasteiger partial charge in [0.05, 0.1) is 11.9 Å². The Hall–Kier alpha value is -0.880. The fourth-order valence-electron chi connectivity index (χ4n) is 2.67. The Kier molecular flexibility index (Phi) is 4.99. The lowest BCUT2D eigenvalue weighted by Gasteiger charge is -2.32. The van der Waals surface area contributed by atoms with Crippen LogP contribution in [0.15, 0.2) is 15.5 Å². The molecule has 1 aromatic heterocycles. The van der Waals surface area contributed by atoms with Crippen molar-refractivity contribution in [2.45, 2.75) is 45.2 Å². The summed E-state index contributed by atoms with van der Waals surface area (Å²) in [5.41, 5.74) is 6.52. The monoisotopic (exact) mass is 328 g/mol. The summed E-state index contributed by atoms with van der Waals surface area (Å²) >= 11 is 3.37. The largest absolute Gasteiger partial charge is 0.380 e. The summed E-state index contributed by atoms with van der Waals surface area (Å²) in [6, 6.07) is 0.341. The van der Waals surface area contributed by atoms with Crippen LogP contribution in [-0.2, 0) is 6.54 Å². The number of rotatable bonds is 4. The van der Waals surface area contributed by atoms with E-state index in [0.717, 1.165) is 18.5 Å². The number of nitrogens with one attached hydrogen (secondary N) is 1. The van der Waals surface area contributed by atoms with Gasteiger partial charge in [0.1, 0.15) is 4.47 Å². The molecule has 0 radical (unpaired) electrons. The van der Waals surface area contributed by atoms with Crippen LogP contribution in [0.2, 0.25) is 0 Å². The lowest BCUT2D eigenvalue weighted by atomic mass is 9.84. The van der Waals surface area contributed by atoms with Crippen LogP contribution in [0.25, 0.3) is 0 Å². The summed E-state index contributed by atoms with van der Waals surface area (Å²) in [5, 5.41) is 7.59. The van der Waals surface area contributed by atoms with Crippen molar-refractivity contribution in [3.8, 4) is 0 Å². The van der Waals surface area contributed by atoms with Crippen molar-refractivity contribution in [2.75, 3.05) is 11.9 Å². The molecule has 2 unspecified atom stereocenters. The van der Waals surface area contributed by atoms with Crippen molar-refractivity contribution in [1.29, 1.82) is 0 Å². The van der Waals surface area contributed by atoms with Gasteiger partial charge in [-0.3, -0.25) is 4.79 Å². The van der Waals surface area contributed by atoms with E-state index in [1.165, 1.54) is 17.5 Å². The molecule has 1 saturated carbocycles. The summed E-state index contributed by atoms with van der Waals surface area (Å²) in [6.07, 6.45) is 6.44. The standard InChI is InChI=1S/C13H21BrN4O/c1-2-18-13(19)12(14)11(8-16-18)17-10-6-4-3-5-9(10)7-15/h8-10,17H,2-7,15H2,1H3. The van der Waals surface area contributed by atoms with Gasteiger partial charge in [0.25, 0.3) is 5.56 Å². The number of aryl methyl sites for hydroxylation is 1. The molecule has 1 heterocycles. The van der Waals surface area contributed by atoms with Crippen LogP contribution in [-0.4, -0.2) is 22.4 Å². The summed E-state index contributed by atoms with van der Waals surface area (Å²) in [7, 11) is 0. The van der Waals surface area contributed by atoms with Gasteiger partial charge in [-0.1, -0.05) is 12.8 Å². The number of aromatic nitrogens is 2. The fourth-order valence-corrected chi connectivity index (χ4v) is 3.09. The van der Waals surface area contributed by atoms with Gasteiger partial charge in [0.15, 0.2) is 0 Å². The molecule has 0 saturated heterocycles. The molecule has 6 heteroatoms. The minimum absolute atomic E-state index is 0.0902. The first-order valence-electron chi connectivity index (χ1n) is 6.89. The van der Waals surface area contributed by atoms with E-state index in [1.54, 1.807) is 6.20 Å². The molecule has 3 N–H and O–H groups in total. The molecular weight excluding hydrogens is 308 g/mol. The van der Waals surface area contributed by atoms with Crippen LogP contribution in [0.3, 0.4) is 0 Å². The van der Waals surface area contributed by atoms with E-state index in [1.807, 2.05) is 6.92 Å². The first-order chi connectivity index (χ1) is 9.17.